The fourth-order valence-corrected chi connectivity index (χ4v) is 2.02. The van der Waals surface area contributed by atoms with Gasteiger partial charge in [0.05, 0.1) is 12.0 Å². The smallest absolute Gasteiger partial charge is 0.184 e. The number of rotatable bonds is 4. The average Bonchev–Trinajstić information content (AvgIpc) is 2.18. The third kappa shape index (κ3) is 5.98. The Bertz CT molecular complexity index is 521. The van der Waals surface area contributed by atoms with Crippen LogP contribution in [0.2, 0.25) is 0 Å². The van der Waals surface area contributed by atoms with Crippen LogP contribution >= 0.6 is 12.2 Å². The van der Waals surface area contributed by atoms with Gasteiger partial charge in [0.25, 0.3) is 0 Å². The Kier molecular flexibility index (Phi) is 4.59. The molecule has 0 atom stereocenters. The number of nitrogens with two attached hydrogens (primary N) is 1. The lowest BCUT2D eigenvalue weighted by Gasteiger charge is -2.00. The molecule has 1 aromatic rings. The molecule has 0 fully saturated rings. The van der Waals surface area contributed by atoms with Gasteiger partial charge in [0.15, 0.2) is 14.9 Å². The molecule has 1 aromatic carbocycles. The number of sulfone groups is 1. The van der Waals surface area contributed by atoms with E-state index in [2.05, 4.69) is 22.7 Å². The number of nitrogens with zero attached hydrogens (tertiary/aromatic N) is 1. The van der Waals surface area contributed by atoms with Crippen LogP contribution in [0.15, 0.2) is 29.4 Å². The molecule has 3 N–H and O–H groups in total. The van der Waals surface area contributed by atoms with Crippen LogP contribution in [-0.2, 0) is 15.6 Å². The van der Waals surface area contributed by atoms with E-state index < -0.39 is 9.84 Å². The zero-order valence-electron chi connectivity index (χ0n) is 9.25. The molecule has 92 valence electrons. The van der Waals surface area contributed by atoms with Gasteiger partial charge in [-0.2, -0.15) is 5.10 Å². The van der Waals surface area contributed by atoms with E-state index in [4.69, 9.17) is 5.73 Å². The number of benzene rings is 1. The minimum Gasteiger partial charge on any atom is -0.375 e. The first kappa shape index (κ1) is 13.6. The first-order valence-electron chi connectivity index (χ1n) is 4.72. The molecule has 0 saturated heterocycles. The number of nitrogens with one attached hydrogen (secondary N) is 1. The van der Waals surface area contributed by atoms with E-state index in [1.807, 2.05) is 0 Å². The molecule has 0 aliphatic rings. The molecule has 0 heterocycles. The van der Waals surface area contributed by atoms with Crippen LogP contribution < -0.4 is 11.2 Å². The molecule has 0 aromatic heterocycles. The molecular weight excluding hydrogens is 258 g/mol. The Balaban J connectivity index is 2.68. The van der Waals surface area contributed by atoms with E-state index in [0.717, 1.165) is 11.1 Å². The van der Waals surface area contributed by atoms with Gasteiger partial charge in [-0.1, -0.05) is 24.3 Å². The molecule has 0 unspecified atom stereocenters. The van der Waals surface area contributed by atoms with Gasteiger partial charge >= 0.3 is 0 Å². The molecular formula is C10H13N3O2S2. The average molecular weight is 271 g/mol. The van der Waals surface area contributed by atoms with Crippen LogP contribution in [0.25, 0.3) is 0 Å². The fraction of sp³-hybridized carbons (Fsp3) is 0.200. The zero-order valence-corrected chi connectivity index (χ0v) is 10.9. The molecule has 17 heavy (non-hydrogen) atoms. The quantitative estimate of drug-likeness (QED) is 0.470. The van der Waals surface area contributed by atoms with Gasteiger partial charge in [-0.05, 0) is 23.3 Å². The molecule has 0 radical (unpaired) electrons. The first-order chi connectivity index (χ1) is 7.87. The summed E-state index contributed by atoms with van der Waals surface area (Å²) in [6.07, 6.45) is 2.75. The highest BCUT2D eigenvalue weighted by Crippen LogP contribution is 2.06. The number of hydrogen-bond donors (Lipinski definition) is 2. The van der Waals surface area contributed by atoms with E-state index in [1.54, 1.807) is 30.5 Å². The van der Waals surface area contributed by atoms with E-state index in [9.17, 15) is 8.42 Å². The summed E-state index contributed by atoms with van der Waals surface area (Å²) < 4.78 is 22.1. The summed E-state index contributed by atoms with van der Waals surface area (Å²) in [5, 5.41) is 3.88. The zero-order chi connectivity index (χ0) is 12.9. The van der Waals surface area contributed by atoms with E-state index in [1.165, 1.54) is 6.26 Å². The van der Waals surface area contributed by atoms with Crippen molar-refractivity contribution in [3.05, 3.63) is 35.4 Å². The molecule has 7 heteroatoms. The molecule has 0 saturated carbocycles. The molecule has 0 amide bonds. The van der Waals surface area contributed by atoms with Crippen LogP contribution in [0.1, 0.15) is 11.1 Å². The largest absolute Gasteiger partial charge is 0.375 e. The SMILES string of the molecule is CS(=O)(=O)Cc1ccc(C=NNC(N)=S)cc1. The summed E-state index contributed by atoms with van der Waals surface area (Å²) in [4.78, 5) is 0. The Hall–Kier alpha value is -1.47. The van der Waals surface area contributed by atoms with Crippen molar-refractivity contribution in [3.8, 4) is 0 Å². The van der Waals surface area contributed by atoms with Crippen molar-refractivity contribution in [2.75, 3.05) is 6.26 Å². The lowest BCUT2D eigenvalue weighted by molar-refractivity contribution is 0.601. The van der Waals surface area contributed by atoms with Crippen LogP contribution in [0.4, 0.5) is 0 Å². The van der Waals surface area contributed by atoms with Crippen LogP contribution in [0, 0.1) is 0 Å². The molecule has 0 aliphatic carbocycles. The summed E-state index contributed by atoms with van der Waals surface area (Å²) in [6, 6.07) is 7.02. The van der Waals surface area contributed by atoms with Gasteiger partial charge in [-0.25, -0.2) is 8.42 Å². The van der Waals surface area contributed by atoms with Crippen LogP contribution in [0.5, 0.6) is 0 Å². The molecule has 1 rings (SSSR count). The highest BCUT2D eigenvalue weighted by Gasteiger charge is 2.03. The second kappa shape index (κ2) is 5.74. The minimum atomic E-state index is -3.00. The normalized spacial score (nSPS) is 11.6. The second-order valence-electron chi connectivity index (χ2n) is 3.55. The van der Waals surface area contributed by atoms with Gasteiger partial charge in [0.1, 0.15) is 0 Å². The molecule has 5 nitrogen and oxygen atoms in total. The minimum absolute atomic E-state index is 0.0373. The summed E-state index contributed by atoms with van der Waals surface area (Å²) in [5.41, 5.74) is 9.19. The first-order valence-corrected chi connectivity index (χ1v) is 7.19. The van der Waals surface area contributed by atoms with Gasteiger partial charge in [-0.3, -0.25) is 5.43 Å². The predicted octanol–water partition coefficient (Wildman–Crippen LogP) is 0.398. The third-order valence-electron chi connectivity index (χ3n) is 1.80. The van der Waals surface area contributed by atoms with Gasteiger partial charge in [0.2, 0.25) is 0 Å². The Morgan fingerprint density at radius 3 is 2.53 bits per heavy atom. The Morgan fingerprint density at radius 2 is 2.06 bits per heavy atom. The molecule has 0 aliphatic heterocycles. The number of hydrazone groups is 1. The van der Waals surface area contributed by atoms with Crippen LogP contribution in [0.3, 0.4) is 0 Å². The summed E-state index contributed by atoms with van der Waals surface area (Å²) in [5.74, 6) is 0.0373. The standard InChI is InChI=1S/C10H13N3O2S2/c1-17(14,15)7-9-4-2-8(3-5-9)6-12-13-10(11)16/h2-6H,7H2,1H3,(H3,11,13,16). The summed E-state index contributed by atoms with van der Waals surface area (Å²) in [7, 11) is -3.00. The van der Waals surface area contributed by atoms with E-state index >= 15 is 0 Å². The maximum atomic E-state index is 11.1. The third-order valence-corrected chi connectivity index (χ3v) is 2.75. The molecule has 0 bridgehead atoms. The predicted molar refractivity (Wildman–Crippen MR) is 72.5 cm³/mol. The lowest BCUT2D eigenvalue weighted by Crippen LogP contribution is -2.23. The van der Waals surface area contributed by atoms with E-state index in [0.29, 0.717) is 0 Å². The van der Waals surface area contributed by atoms with Crippen molar-refractivity contribution in [3.63, 3.8) is 0 Å². The number of thiocarbonyl (C=S) groups is 1. The maximum absolute atomic E-state index is 11.1. The highest BCUT2D eigenvalue weighted by atomic mass is 32.2. The van der Waals surface area contributed by atoms with Crippen molar-refractivity contribution in [1.82, 2.24) is 5.43 Å². The van der Waals surface area contributed by atoms with Crippen molar-refractivity contribution in [1.29, 1.82) is 0 Å². The van der Waals surface area contributed by atoms with Gasteiger partial charge < -0.3 is 5.73 Å². The Morgan fingerprint density at radius 1 is 1.47 bits per heavy atom. The number of hydrogen-bond acceptors (Lipinski definition) is 4. The second-order valence-corrected chi connectivity index (χ2v) is 6.13. The topological polar surface area (TPSA) is 84.5 Å². The van der Waals surface area contributed by atoms with Crippen molar-refractivity contribution >= 4 is 33.4 Å². The van der Waals surface area contributed by atoms with Crippen molar-refractivity contribution in [2.24, 2.45) is 10.8 Å². The monoisotopic (exact) mass is 271 g/mol. The lowest BCUT2D eigenvalue weighted by atomic mass is 10.2. The maximum Gasteiger partial charge on any atom is 0.184 e. The van der Waals surface area contributed by atoms with Gasteiger partial charge in [-0.15, -0.1) is 0 Å². The van der Waals surface area contributed by atoms with Crippen molar-refractivity contribution in [2.45, 2.75) is 5.75 Å². The summed E-state index contributed by atoms with van der Waals surface area (Å²) >= 11 is 4.58. The van der Waals surface area contributed by atoms with Crippen molar-refractivity contribution < 1.29 is 8.42 Å². The molecule has 0 spiro atoms. The van der Waals surface area contributed by atoms with Gasteiger partial charge in [0, 0.05) is 6.26 Å². The summed E-state index contributed by atoms with van der Waals surface area (Å²) in [6.45, 7) is 0. The fourth-order valence-electron chi connectivity index (χ4n) is 1.17. The Labute approximate surface area is 106 Å². The van der Waals surface area contributed by atoms with E-state index in [-0.39, 0.29) is 10.9 Å². The van der Waals surface area contributed by atoms with Crippen LogP contribution in [-0.4, -0.2) is 26.0 Å². The highest BCUT2D eigenvalue weighted by molar-refractivity contribution is 7.89.